The lowest BCUT2D eigenvalue weighted by molar-refractivity contribution is 0.0946. The van der Waals surface area contributed by atoms with Gasteiger partial charge in [0.2, 0.25) is 0 Å². The van der Waals surface area contributed by atoms with Crippen LogP contribution in [-0.2, 0) is 6.54 Å². The number of rotatable bonds is 3. The van der Waals surface area contributed by atoms with Crippen molar-refractivity contribution < 1.29 is 4.79 Å². The third-order valence-corrected chi connectivity index (χ3v) is 3.83. The lowest BCUT2D eigenvalue weighted by Crippen LogP contribution is -2.23. The second-order valence-electron chi connectivity index (χ2n) is 3.65. The Hall–Kier alpha value is -1.10. The molecule has 0 atom stereocenters. The number of nitrogens with one attached hydrogen (secondary N) is 1. The molecule has 1 aromatic carbocycles. The van der Waals surface area contributed by atoms with Crippen LogP contribution >= 0.6 is 34.5 Å². The Morgan fingerprint density at radius 2 is 2.11 bits per heavy atom. The normalized spacial score (nSPS) is 10.4. The summed E-state index contributed by atoms with van der Waals surface area (Å²) >= 11 is 13.1. The summed E-state index contributed by atoms with van der Waals surface area (Å²) in [5.41, 5.74) is 1.24. The van der Waals surface area contributed by atoms with E-state index in [2.05, 4.69) is 10.3 Å². The van der Waals surface area contributed by atoms with E-state index in [9.17, 15) is 4.79 Å². The van der Waals surface area contributed by atoms with Crippen LogP contribution in [0.1, 0.15) is 20.9 Å². The lowest BCUT2D eigenvalue weighted by atomic mass is 10.2. The van der Waals surface area contributed by atoms with Crippen LogP contribution in [0.5, 0.6) is 0 Å². The number of hydrogen-bond acceptors (Lipinski definition) is 3. The molecule has 0 fully saturated rings. The van der Waals surface area contributed by atoms with Gasteiger partial charge in [0.15, 0.2) is 4.47 Å². The van der Waals surface area contributed by atoms with Gasteiger partial charge in [0.25, 0.3) is 5.91 Å². The minimum atomic E-state index is -0.240. The first-order chi connectivity index (χ1) is 8.58. The van der Waals surface area contributed by atoms with Crippen LogP contribution in [0.3, 0.4) is 0 Å². The Morgan fingerprint density at radius 3 is 2.72 bits per heavy atom. The van der Waals surface area contributed by atoms with Gasteiger partial charge in [-0.1, -0.05) is 41.4 Å². The molecule has 0 saturated heterocycles. The summed E-state index contributed by atoms with van der Waals surface area (Å²) in [7, 11) is 0. The van der Waals surface area contributed by atoms with Crippen LogP contribution in [0.2, 0.25) is 9.49 Å². The fraction of sp³-hybridized carbons (Fsp3) is 0.167. The summed E-state index contributed by atoms with van der Waals surface area (Å²) in [5, 5.41) is 3.40. The Balaban J connectivity index is 2.05. The highest BCUT2D eigenvalue weighted by Crippen LogP contribution is 2.21. The molecule has 0 radical (unpaired) electrons. The molecule has 1 aromatic heterocycles. The minimum absolute atomic E-state index is 0.240. The number of benzene rings is 1. The van der Waals surface area contributed by atoms with Gasteiger partial charge in [0.1, 0.15) is 5.69 Å². The molecule has 3 nitrogen and oxygen atoms in total. The number of amides is 1. The number of nitrogens with zero attached hydrogens (tertiary/aromatic N) is 1. The van der Waals surface area contributed by atoms with E-state index in [4.69, 9.17) is 23.2 Å². The Kier molecular flexibility index (Phi) is 4.22. The van der Waals surface area contributed by atoms with Crippen LogP contribution in [0.25, 0.3) is 0 Å². The monoisotopic (exact) mass is 300 g/mol. The molecule has 0 aliphatic rings. The molecular formula is C12H10Cl2N2OS. The highest BCUT2D eigenvalue weighted by atomic mass is 35.5. The van der Waals surface area contributed by atoms with E-state index in [-0.39, 0.29) is 5.91 Å². The summed E-state index contributed by atoms with van der Waals surface area (Å²) in [4.78, 5) is 16.7. The van der Waals surface area contributed by atoms with Gasteiger partial charge >= 0.3 is 0 Å². The van der Waals surface area contributed by atoms with Gasteiger partial charge in [0.05, 0.1) is 0 Å². The maximum Gasteiger partial charge on any atom is 0.271 e. The molecule has 0 spiro atoms. The van der Waals surface area contributed by atoms with Crippen molar-refractivity contribution in [2.45, 2.75) is 13.5 Å². The number of hydrogen-bond donors (Lipinski definition) is 1. The minimum Gasteiger partial charge on any atom is -0.347 e. The van der Waals surface area contributed by atoms with Crippen molar-refractivity contribution in [2.24, 2.45) is 0 Å². The Morgan fingerprint density at radius 1 is 1.39 bits per heavy atom. The van der Waals surface area contributed by atoms with Crippen LogP contribution in [0, 0.1) is 6.92 Å². The zero-order valence-electron chi connectivity index (χ0n) is 9.54. The maximum atomic E-state index is 11.9. The van der Waals surface area contributed by atoms with Crippen molar-refractivity contribution >= 4 is 40.4 Å². The van der Waals surface area contributed by atoms with Crippen LogP contribution in [-0.4, -0.2) is 10.9 Å². The van der Waals surface area contributed by atoms with E-state index < -0.39 is 0 Å². The van der Waals surface area contributed by atoms with Gasteiger partial charge in [0, 0.05) is 16.4 Å². The van der Waals surface area contributed by atoms with Crippen LogP contribution < -0.4 is 5.32 Å². The van der Waals surface area contributed by atoms with E-state index in [1.807, 2.05) is 25.1 Å². The first-order valence-corrected chi connectivity index (χ1v) is 6.79. The van der Waals surface area contributed by atoms with E-state index in [0.717, 1.165) is 10.4 Å². The number of thiazole rings is 1. The summed E-state index contributed by atoms with van der Waals surface area (Å²) in [6.07, 6.45) is 0. The van der Waals surface area contributed by atoms with Gasteiger partial charge in [-0.25, -0.2) is 4.98 Å². The first kappa shape index (κ1) is 13.3. The highest BCUT2D eigenvalue weighted by molar-refractivity contribution is 7.15. The number of halogens is 2. The largest absolute Gasteiger partial charge is 0.347 e. The number of carbonyl (C=O) groups excluding carboxylic acids is 1. The van der Waals surface area contributed by atoms with Gasteiger partial charge in [-0.05, 0) is 18.6 Å². The molecule has 2 aromatic rings. The molecule has 1 heterocycles. The quantitative estimate of drug-likeness (QED) is 0.939. The zero-order valence-corrected chi connectivity index (χ0v) is 11.9. The molecule has 1 N–H and O–H groups in total. The summed E-state index contributed by atoms with van der Waals surface area (Å²) < 4.78 is 0.371. The summed E-state index contributed by atoms with van der Waals surface area (Å²) in [5.74, 6) is -0.240. The van der Waals surface area contributed by atoms with E-state index in [0.29, 0.717) is 21.7 Å². The average Bonchev–Trinajstić information content (AvgIpc) is 2.67. The molecule has 94 valence electrons. The lowest BCUT2D eigenvalue weighted by Gasteiger charge is -2.05. The molecule has 0 aliphatic heterocycles. The van der Waals surface area contributed by atoms with Gasteiger partial charge in [-0.15, -0.1) is 11.3 Å². The van der Waals surface area contributed by atoms with Crippen molar-refractivity contribution in [1.29, 1.82) is 0 Å². The summed E-state index contributed by atoms with van der Waals surface area (Å²) in [6, 6.07) is 7.37. The molecule has 1 amide bonds. The number of carbonyl (C=O) groups is 1. The first-order valence-electron chi connectivity index (χ1n) is 5.22. The van der Waals surface area contributed by atoms with Gasteiger partial charge in [-0.3, -0.25) is 4.79 Å². The van der Waals surface area contributed by atoms with Gasteiger partial charge < -0.3 is 5.32 Å². The summed E-state index contributed by atoms with van der Waals surface area (Å²) in [6.45, 7) is 2.18. The second-order valence-corrected chi connectivity index (χ2v) is 5.84. The molecule has 2 rings (SSSR count). The van der Waals surface area contributed by atoms with E-state index in [1.54, 1.807) is 6.07 Å². The third-order valence-electron chi connectivity index (χ3n) is 2.38. The molecule has 6 heteroatoms. The van der Waals surface area contributed by atoms with Crippen LogP contribution in [0.4, 0.5) is 0 Å². The zero-order chi connectivity index (χ0) is 13.1. The average molecular weight is 301 g/mol. The predicted molar refractivity (Wildman–Crippen MR) is 74.5 cm³/mol. The molecule has 0 aliphatic carbocycles. The molecule has 0 unspecified atom stereocenters. The van der Waals surface area contributed by atoms with E-state index in [1.165, 1.54) is 11.3 Å². The molecular weight excluding hydrogens is 291 g/mol. The van der Waals surface area contributed by atoms with Crippen molar-refractivity contribution in [2.75, 3.05) is 0 Å². The van der Waals surface area contributed by atoms with E-state index >= 15 is 0 Å². The highest BCUT2D eigenvalue weighted by Gasteiger charge is 2.14. The van der Waals surface area contributed by atoms with Crippen LogP contribution in [0.15, 0.2) is 24.3 Å². The SMILES string of the molecule is Cc1sc(Cl)nc1C(=O)NCc1ccccc1Cl. The standard InChI is InChI=1S/C12H10Cl2N2OS/c1-7-10(16-12(14)18-7)11(17)15-6-8-4-2-3-5-9(8)13/h2-5H,6H2,1H3,(H,15,17). The fourth-order valence-electron chi connectivity index (χ4n) is 1.48. The molecule has 18 heavy (non-hydrogen) atoms. The number of aryl methyl sites for hydroxylation is 1. The second kappa shape index (κ2) is 5.69. The topological polar surface area (TPSA) is 42.0 Å². The molecule has 0 bridgehead atoms. The molecule has 0 saturated carbocycles. The Bertz CT molecular complexity index is 583. The van der Waals surface area contributed by atoms with Gasteiger partial charge in [-0.2, -0.15) is 0 Å². The van der Waals surface area contributed by atoms with Crippen molar-refractivity contribution in [1.82, 2.24) is 10.3 Å². The van der Waals surface area contributed by atoms with Crippen molar-refractivity contribution in [3.05, 3.63) is 49.9 Å². The van der Waals surface area contributed by atoms with Crippen molar-refractivity contribution in [3.8, 4) is 0 Å². The smallest absolute Gasteiger partial charge is 0.271 e. The number of aromatic nitrogens is 1. The third kappa shape index (κ3) is 3.02. The van der Waals surface area contributed by atoms with Crippen molar-refractivity contribution in [3.63, 3.8) is 0 Å². The Labute approximate surface area is 119 Å². The maximum absolute atomic E-state index is 11.9. The predicted octanol–water partition coefficient (Wildman–Crippen LogP) is 3.69. The fourth-order valence-corrected chi connectivity index (χ4v) is 2.73.